The van der Waals surface area contributed by atoms with Crippen molar-refractivity contribution in [2.45, 2.75) is 22.6 Å². The lowest BCUT2D eigenvalue weighted by Gasteiger charge is -2.28. The summed E-state index contributed by atoms with van der Waals surface area (Å²) in [6.07, 6.45) is 3.92. The van der Waals surface area contributed by atoms with Gasteiger partial charge in [-0.2, -0.15) is 4.31 Å². The molecule has 0 aliphatic carbocycles. The van der Waals surface area contributed by atoms with Gasteiger partial charge in [-0.15, -0.1) is 0 Å². The topological polar surface area (TPSA) is 50.3 Å². The first-order valence-corrected chi connectivity index (χ1v) is 7.60. The van der Waals surface area contributed by atoms with E-state index in [-0.39, 0.29) is 9.72 Å². The zero-order valence-corrected chi connectivity index (χ0v) is 11.4. The third-order valence-electron chi connectivity index (χ3n) is 2.64. The van der Waals surface area contributed by atoms with Gasteiger partial charge < -0.3 is 0 Å². The Morgan fingerprint density at radius 3 is 2.88 bits per heavy atom. The van der Waals surface area contributed by atoms with Gasteiger partial charge >= 0.3 is 0 Å². The molecule has 0 amide bonds. The van der Waals surface area contributed by atoms with E-state index in [4.69, 9.17) is 0 Å². The molecular formula is C10H12BrFN2O2S. The molecule has 0 radical (unpaired) electrons. The van der Waals surface area contributed by atoms with Crippen molar-refractivity contribution in [2.75, 3.05) is 13.1 Å². The van der Waals surface area contributed by atoms with E-state index in [9.17, 15) is 12.8 Å². The molecule has 2 rings (SSSR count). The van der Waals surface area contributed by atoms with Gasteiger partial charge in [-0.25, -0.2) is 12.8 Å². The molecule has 1 fully saturated rings. The van der Waals surface area contributed by atoms with Gasteiger partial charge in [-0.1, -0.05) is 15.9 Å². The molecule has 1 aromatic heterocycles. The SMILES string of the molecule is O=S(=O)(c1cncc(F)c1)N1CCCC(Br)C1. The summed E-state index contributed by atoms with van der Waals surface area (Å²) in [5, 5.41) is 0. The summed E-state index contributed by atoms with van der Waals surface area (Å²) in [5.41, 5.74) is 0. The van der Waals surface area contributed by atoms with Gasteiger partial charge in [0.1, 0.15) is 10.7 Å². The van der Waals surface area contributed by atoms with Gasteiger partial charge in [0, 0.05) is 24.1 Å². The standard InChI is InChI=1S/C10H12BrFN2O2S/c11-8-2-1-3-14(7-8)17(15,16)10-4-9(12)5-13-6-10/h4-6,8H,1-3,7H2. The predicted octanol–water partition coefficient (Wildman–Crippen LogP) is 1.77. The van der Waals surface area contributed by atoms with Crippen molar-refractivity contribution in [3.8, 4) is 0 Å². The molecule has 0 spiro atoms. The molecule has 1 aliphatic heterocycles. The normalized spacial score (nSPS) is 22.6. The van der Waals surface area contributed by atoms with Crippen LogP contribution in [0.4, 0.5) is 4.39 Å². The molecule has 0 saturated carbocycles. The van der Waals surface area contributed by atoms with Crippen LogP contribution >= 0.6 is 15.9 Å². The number of aromatic nitrogens is 1. The van der Waals surface area contributed by atoms with E-state index >= 15 is 0 Å². The van der Waals surface area contributed by atoms with Crippen molar-refractivity contribution in [3.63, 3.8) is 0 Å². The Morgan fingerprint density at radius 2 is 2.24 bits per heavy atom. The van der Waals surface area contributed by atoms with Gasteiger partial charge in [0.2, 0.25) is 10.0 Å². The van der Waals surface area contributed by atoms with Gasteiger partial charge in [0.15, 0.2) is 0 Å². The Labute approximate surface area is 108 Å². The fourth-order valence-electron chi connectivity index (χ4n) is 1.79. The van der Waals surface area contributed by atoms with Gasteiger partial charge in [-0.3, -0.25) is 4.98 Å². The van der Waals surface area contributed by atoms with E-state index in [1.807, 2.05) is 0 Å². The van der Waals surface area contributed by atoms with Crippen LogP contribution in [0.25, 0.3) is 0 Å². The minimum atomic E-state index is -3.62. The van der Waals surface area contributed by atoms with Crippen molar-refractivity contribution in [1.29, 1.82) is 0 Å². The first-order valence-electron chi connectivity index (χ1n) is 5.25. The molecule has 0 aromatic carbocycles. The lowest BCUT2D eigenvalue weighted by Crippen LogP contribution is -2.40. The van der Waals surface area contributed by atoms with Crippen LogP contribution in [0.5, 0.6) is 0 Å². The number of alkyl halides is 1. The fourth-order valence-corrected chi connectivity index (χ4v) is 4.16. The monoisotopic (exact) mass is 322 g/mol. The zero-order valence-electron chi connectivity index (χ0n) is 9.01. The van der Waals surface area contributed by atoms with Gasteiger partial charge in [-0.05, 0) is 18.9 Å². The van der Waals surface area contributed by atoms with Crippen molar-refractivity contribution in [1.82, 2.24) is 9.29 Å². The molecular weight excluding hydrogens is 311 g/mol. The van der Waals surface area contributed by atoms with Crippen LogP contribution in [0.15, 0.2) is 23.4 Å². The molecule has 1 aromatic rings. The molecule has 0 bridgehead atoms. The van der Waals surface area contributed by atoms with Crippen LogP contribution in [0.1, 0.15) is 12.8 Å². The minimum absolute atomic E-state index is 0.0842. The number of sulfonamides is 1. The number of rotatable bonds is 2. The number of halogens is 2. The van der Waals surface area contributed by atoms with E-state index in [0.29, 0.717) is 13.1 Å². The molecule has 0 N–H and O–H groups in total. The summed E-state index contributed by atoms with van der Waals surface area (Å²) in [7, 11) is -3.62. The Bertz CT molecular complexity index is 509. The largest absolute Gasteiger partial charge is 0.260 e. The zero-order chi connectivity index (χ0) is 12.5. The molecule has 1 aliphatic rings. The van der Waals surface area contributed by atoms with E-state index in [1.165, 1.54) is 10.5 Å². The van der Waals surface area contributed by atoms with Gasteiger partial charge in [0.25, 0.3) is 0 Å². The maximum atomic E-state index is 13.0. The first kappa shape index (κ1) is 12.9. The summed E-state index contributed by atoms with van der Waals surface area (Å²) >= 11 is 3.41. The summed E-state index contributed by atoms with van der Waals surface area (Å²) in [6.45, 7) is 0.889. The molecule has 7 heteroatoms. The van der Waals surface area contributed by atoms with E-state index in [2.05, 4.69) is 20.9 Å². The fraction of sp³-hybridized carbons (Fsp3) is 0.500. The van der Waals surface area contributed by atoms with Crippen LogP contribution in [0, 0.1) is 5.82 Å². The number of pyridine rings is 1. The molecule has 1 unspecified atom stereocenters. The van der Waals surface area contributed by atoms with Crippen molar-refractivity contribution in [3.05, 3.63) is 24.3 Å². The first-order chi connectivity index (χ1) is 8.00. The molecule has 2 heterocycles. The predicted molar refractivity (Wildman–Crippen MR) is 64.9 cm³/mol. The van der Waals surface area contributed by atoms with Crippen molar-refractivity contribution >= 4 is 26.0 Å². The second-order valence-electron chi connectivity index (χ2n) is 3.94. The molecule has 1 saturated heterocycles. The number of piperidine rings is 1. The summed E-state index contributed by atoms with van der Waals surface area (Å²) in [6, 6.07) is 1.00. The number of hydrogen-bond donors (Lipinski definition) is 0. The maximum Gasteiger partial charge on any atom is 0.244 e. The second-order valence-corrected chi connectivity index (χ2v) is 7.17. The summed E-state index contributed by atoms with van der Waals surface area (Å²) in [5.74, 6) is -0.640. The lowest BCUT2D eigenvalue weighted by molar-refractivity contribution is 0.355. The smallest absolute Gasteiger partial charge is 0.244 e. The minimum Gasteiger partial charge on any atom is -0.260 e. The van der Waals surface area contributed by atoms with Crippen LogP contribution in [0.2, 0.25) is 0 Å². The second kappa shape index (κ2) is 4.99. The third kappa shape index (κ3) is 2.83. The number of nitrogens with zero attached hydrogens (tertiary/aromatic N) is 2. The molecule has 94 valence electrons. The van der Waals surface area contributed by atoms with Crippen molar-refractivity contribution < 1.29 is 12.8 Å². The highest BCUT2D eigenvalue weighted by Crippen LogP contribution is 2.23. The quantitative estimate of drug-likeness (QED) is 0.780. The summed E-state index contributed by atoms with van der Waals surface area (Å²) in [4.78, 5) is 3.65. The Morgan fingerprint density at radius 1 is 1.47 bits per heavy atom. The van der Waals surface area contributed by atoms with E-state index in [0.717, 1.165) is 25.1 Å². The van der Waals surface area contributed by atoms with Crippen LogP contribution < -0.4 is 0 Å². The van der Waals surface area contributed by atoms with E-state index < -0.39 is 15.8 Å². The Hall–Kier alpha value is -0.530. The van der Waals surface area contributed by atoms with E-state index in [1.54, 1.807) is 0 Å². The van der Waals surface area contributed by atoms with Crippen LogP contribution in [-0.2, 0) is 10.0 Å². The average Bonchev–Trinajstić information content (AvgIpc) is 2.29. The van der Waals surface area contributed by atoms with Crippen molar-refractivity contribution in [2.24, 2.45) is 0 Å². The summed E-state index contributed by atoms with van der Waals surface area (Å²) < 4.78 is 38.7. The Balaban J connectivity index is 2.29. The highest BCUT2D eigenvalue weighted by molar-refractivity contribution is 9.09. The molecule has 1 atom stereocenters. The van der Waals surface area contributed by atoms with Crippen LogP contribution in [0.3, 0.4) is 0 Å². The molecule has 4 nitrogen and oxygen atoms in total. The van der Waals surface area contributed by atoms with Crippen LogP contribution in [-0.4, -0.2) is 35.6 Å². The highest BCUT2D eigenvalue weighted by atomic mass is 79.9. The average molecular weight is 323 g/mol. The van der Waals surface area contributed by atoms with Gasteiger partial charge in [0.05, 0.1) is 6.20 Å². The molecule has 17 heavy (non-hydrogen) atoms. The highest BCUT2D eigenvalue weighted by Gasteiger charge is 2.29. The maximum absolute atomic E-state index is 13.0. The third-order valence-corrected chi connectivity index (χ3v) is 5.22. The Kier molecular flexibility index (Phi) is 3.79. The lowest BCUT2D eigenvalue weighted by atomic mass is 10.2. The number of hydrogen-bond acceptors (Lipinski definition) is 3.